The molecule has 8 nitrogen and oxygen atoms in total. The lowest BCUT2D eigenvalue weighted by Gasteiger charge is -2.31. The summed E-state index contributed by atoms with van der Waals surface area (Å²) in [4.78, 5) is 51.2. The first-order valence-corrected chi connectivity index (χ1v) is 21.8. The maximum atomic E-state index is 14.0. The summed E-state index contributed by atoms with van der Waals surface area (Å²) in [5.74, 6) is 6.02. The van der Waals surface area contributed by atoms with Gasteiger partial charge in [0.05, 0.1) is 38.8 Å². The Bertz CT molecular complexity index is 1460. The Labute approximate surface area is 331 Å². The molecule has 0 aromatic rings. The first-order chi connectivity index (χ1) is 26.2. The monoisotopic (exact) mass is 763 g/mol. The quantitative estimate of drug-likeness (QED) is 0.0556. The molecule has 55 heavy (non-hydrogen) atoms. The number of allylic oxidation sites excluding steroid dienone is 1. The van der Waals surface area contributed by atoms with Gasteiger partial charge >= 0.3 is 23.9 Å². The third-order valence-electron chi connectivity index (χ3n) is 15.1. The Kier molecular flexibility index (Phi) is 13.8. The number of fused-ring (bicyclic) bond motifs is 10. The normalized spacial score (nSPS) is 35.9. The highest BCUT2D eigenvalue weighted by Gasteiger charge is 2.57. The molecule has 0 amide bonds. The Morgan fingerprint density at radius 3 is 1.75 bits per heavy atom. The van der Waals surface area contributed by atoms with Crippen LogP contribution in [0.15, 0.2) is 36.5 Å². The fourth-order valence-electron chi connectivity index (χ4n) is 13.2. The molecule has 6 saturated carbocycles. The fraction of sp³-hybridized carbons (Fsp3) is 0.787. The van der Waals surface area contributed by atoms with Gasteiger partial charge in [-0.3, -0.25) is 9.59 Å². The van der Waals surface area contributed by atoms with E-state index in [1.807, 2.05) is 6.92 Å². The number of esters is 4. The number of rotatable bonds is 19. The van der Waals surface area contributed by atoms with Gasteiger partial charge in [-0.05, 0) is 167 Å². The van der Waals surface area contributed by atoms with E-state index in [4.69, 9.17) is 18.9 Å². The first kappa shape index (κ1) is 41.7. The first-order valence-electron chi connectivity index (χ1n) is 21.8. The van der Waals surface area contributed by atoms with Crippen LogP contribution < -0.4 is 0 Å². The molecule has 0 spiro atoms. The number of carbonyl (C=O) groups excluding carboxylic acids is 4. The van der Waals surface area contributed by atoms with Gasteiger partial charge in [0, 0.05) is 11.6 Å². The molecule has 6 aliphatic carbocycles. The van der Waals surface area contributed by atoms with Gasteiger partial charge in [-0.1, -0.05) is 52.5 Å². The Morgan fingerprint density at radius 1 is 0.655 bits per heavy atom. The molecule has 6 rings (SSSR count). The number of carbonyl (C=O) groups is 4. The lowest BCUT2D eigenvalue weighted by Crippen LogP contribution is -2.30. The molecule has 0 radical (unpaired) electrons. The van der Waals surface area contributed by atoms with E-state index < -0.39 is 5.92 Å². The van der Waals surface area contributed by atoms with Crippen molar-refractivity contribution in [1.82, 2.24) is 0 Å². The zero-order valence-corrected chi connectivity index (χ0v) is 34.7. The van der Waals surface area contributed by atoms with Crippen molar-refractivity contribution < 1.29 is 38.1 Å². The number of hydrogen-bond acceptors (Lipinski definition) is 8. The fourth-order valence-corrected chi connectivity index (χ4v) is 13.2. The van der Waals surface area contributed by atoms with E-state index in [1.54, 1.807) is 6.92 Å². The second kappa shape index (κ2) is 18.1. The van der Waals surface area contributed by atoms with Crippen LogP contribution in [0.3, 0.4) is 0 Å². The maximum Gasteiger partial charge on any atom is 0.333 e. The summed E-state index contributed by atoms with van der Waals surface area (Å²) in [5.41, 5.74) is 1.34. The zero-order chi connectivity index (χ0) is 39.6. The number of hydrogen-bond donors (Lipinski definition) is 0. The van der Waals surface area contributed by atoms with E-state index in [-0.39, 0.29) is 36.2 Å². The molecule has 4 bridgehead atoms. The van der Waals surface area contributed by atoms with Crippen molar-refractivity contribution in [3.8, 4) is 0 Å². The van der Waals surface area contributed by atoms with Crippen molar-refractivity contribution in [3.05, 3.63) is 36.5 Å². The number of ether oxygens (including phenoxy) is 4. The molecule has 0 heterocycles. The van der Waals surface area contributed by atoms with Gasteiger partial charge in [0.1, 0.15) is 0 Å². The molecule has 15 atom stereocenters. The topological polar surface area (TPSA) is 105 Å². The van der Waals surface area contributed by atoms with E-state index in [9.17, 15) is 19.2 Å². The van der Waals surface area contributed by atoms with Gasteiger partial charge in [-0.2, -0.15) is 0 Å². The van der Waals surface area contributed by atoms with E-state index in [0.717, 1.165) is 56.9 Å². The Balaban J connectivity index is 1.02. The maximum absolute atomic E-state index is 14.0. The van der Waals surface area contributed by atoms with Crippen LogP contribution in [-0.2, 0) is 38.1 Å². The molecule has 0 N–H and O–H groups in total. The predicted molar refractivity (Wildman–Crippen MR) is 212 cm³/mol. The summed E-state index contributed by atoms with van der Waals surface area (Å²) >= 11 is 0. The molecule has 11 unspecified atom stereocenters. The van der Waals surface area contributed by atoms with Crippen molar-refractivity contribution in [1.29, 1.82) is 0 Å². The van der Waals surface area contributed by atoms with Gasteiger partial charge < -0.3 is 18.9 Å². The highest BCUT2D eigenvalue weighted by atomic mass is 16.5. The summed E-state index contributed by atoms with van der Waals surface area (Å²) in [6, 6.07) is 0. The Hall–Kier alpha value is -2.90. The van der Waals surface area contributed by atoms with E-state index in [2.05, 4.69) is 46.9 Å². The molecule has 0 aromatic heterocycles. The van der Waals surface area contributed by atoms with Crippen molar-refractivity contribution >= 4 is 23.9 Å². The lowest BCUT2D eigenvalue weighted by atomic mass is 9.76. The van der Waals surface area contributed by atoms with Gasteiger partial charge in [-0.25, -0.2) is 9.59 Å². The summed E-state index contributed by atoms with van der Waals surface area (Å²) < 4.78 is 23.1. The summed E-state index contributed by atoms with van der Waals surface area (Å²) in [6.07, 6.45) is 14.5. The van der Waals surface area contributed by atoms with Crippen LogP contribution >= 0.6 is 0 Å². The van der Waals surface area contributed by atoms with Crippen molar-refractivity contribution in [2.75, 3.05) is 26.4 Å². The molecule has 0 aliphatic heterocycles. The van der Waals surface area contributed by atoms with Crippen LogP contribution in [0.4, 0.5) is 0 Å². The lowest BCUT2D eigenvalue weighted by molar-refractivity contribution is -0.155. The SMILES string of the molecule is C=CC(=O)OCC1C[C@@H]2C3CC(CC3COC(=O)C(CC(=O)OCC3C[C@@H]4C5CC(CC5COC(=O)C(=C)C)[C@@H]4C3)C(C)=CC(C)CC(C)CC(C)C)[C@@H]2C1. The Morgan fingerprint density at radius 2 is 1.20 bits per heavy atom. The van der Waals surface area contributed by atoms with E-state index >= 15 is 0 Å². The zero-order valence-electron chi connectivity index (χ0n) is 34.7. The van der Waals surface area contributed by atoms with Gasteiger partial charge in [-0.15, -0.1) is 0 Å². The molecule has 8 heteroatoms. The van der Waals surface area contributed by atoms with Crippen LogP contribution in [-0.4, -0.2) is 50.3 Å². The smallest absolute Gasteiger partial charge is 0.333 e. The molecule has 306 valence electrons. The van der Waals surface area contributed by atoms with Crippen LogP contribution in [0.1, 0.15) is 112 Å². The van der Waals surface area contributed by atoms with E-state index in [0.29, 0.717) is 115 Å². The van der Waals surface area contributed by atoms with Gasteiger partial charge in [0.15, 0.2) is 0 Å². The minimum Gasteiger partial charge on any atom is -0.465 e. The highest BCUT2D eigenvalue weighted by molar-refractivity contribution is 5.87. The van der Waals surface area contributed by atoms with Gasteiger partial charge in [0.2, 0.25) is 0 Å². The average molecular weight is 763 g/mol. The largest absolute Gasteiger partial charge is 0.465 e. The van der Waals surface area contributed by atoms with Crippen LogP contribution in [0.25, 0.3) is 0 Å². The third-order valence-corrected chi connectivity index (χ3v) is 15.1. The minimum absolute atomic E-state index is 0.00293. The minimum atomic E-state index is -0.654. The van der Waals surface area contributed by atoms with Crippen LogP contribution in [0.5, 0.6) is 0 Å². The average Bonchev–Trinajstić information content (AvgIpc) is 3.97. The molecular formula is C47H70O8. The predicted octanol–water partition coefficient (Wildman–Crippen LogP) is 9.18. The van der Waals surface area contributed by atoms with E-state index in [1.165, 1.54) is 18.9 Å². The van der Waals surface area contributed by atoms with Crippen molar-refractivity contribution in [3.63, 3.8) is 0 Å². The molecule has 6 aliphatic rings. The van der Waals surface area contributed by atoms with Crippen LogP contribution in [0.2, 0.25) is 0 Å². The second-order valence-corrected chi connectivity index (χ2v) is 19.8. The summed E-state index contributed by atoms with van der Waals surface area (Å²) in [6.45, 7) is 21.7. The standard InChI is InChI=1S/C47H70O8/c1-9-44(48)52-22-31-13-38-34-18-36(41(20-34)42(38)15-31)25-55-47(51)37(30(8)12-29(7)11-28(6)10-26(2)3)21-45(49)53-23-32-14-39-33-17-35(24-54-46(50)27(4)5)40(19-33)43(39)16-32/h9,12,26,28-29,31-43H,1,4,10-11,13-25H2,2-3,5-8H3/t28?,29?,31?,32?,33?,34?,35?,36?,37?,38-,39-,40?,41?,42-,43-/m0/s1. The third kappa shape index (κ3) is 9.98. The highest BCUT2D eigenvalue weighted by Crippen LogP contribution is 2.63. The van der Waals surface area contributed by atoms with Crippen molar-refractivity contribution in [2.24, 2.45) is 94.7 Å². The summed E-state index contributed by atoms with van der Waals surface area (Å²) in [5, 5.41) is 0. The molecule has 0 saturated heterocycles. The van der Waals surface area contributed by atoms with Crippen molar-refractivity contribution in [2.45, 2.75) is 112 Å². The second-order valence-electron chi connectivity index (χ2n) is 19.8. The van der Waals surface area contributed by atoms with Crippen LogP contribution in [0, 0.1) is 94.7 Å². The molecular weight excluding hydrogens is 693 g/mol. The van der Waals surface area contributed by atoms with Gasteiger partial charge in [0.25, 0.3) is 0 Å². The summed E-state index contributed by atoms with van der Waals surface area (Å²) in [7, 11) is 0. The molecule has 6 fully saturated rings. The molecule has 0 aromatic carbocycles.